The van der Waals surface area contributed by atoms with Gasteiger partial charge >= 0.3 is 0 Å². The molecular formula is C29H31NO4. The smallest absolute Gasteiger partial charge is 0.294 e. The highest BCUT2D eigenvalue weighted by atomic mass is 16.5. The van der Waals surface area contributed by atoms with Crippen molar-refractivity contribution in [2.24, 2.45) is 0 Å². The molecule has 4 aromatic rings. The number of rotatable bonds is 12. The Morgan fingerprint density at radius 2 is 1.38 bits per heavy atom. The molecule has 1 heterocycles. The third-order valence-corrected chi connectivity index (χ3v) is 5.61. The molecule has 0 saturated carbocycles. The van der Waals surface area contributed by atoms with Gasteiger partial charge in [-0.15, -0.1) is 0 Å². The van der Waals surface area contributed by atoms with Crippen molar-refractivity contribution in [1.29, 1.82) is 0 Å². The maximum absolute atomic E-state index is 13.0. The lowest BCUT2D eigenvalue weighted by atomic mass is 10.1. The normalized spacial score (nSPS) is 10.9. The van der Waals surface area contributed by atoms with Crippen molar-refractivity contribution >= 4 is 10.9 Å². The topological polar surface area (TPSA) is 60.5 Å². The van der Waals surface area contributed by atoms with E-state index >= 15 is 0 Å². The Kier molecular flexibility index (Phi) is 8.22. The molecule has 176 valence electrons. The maximum Gasteiger partial charge on any atom is 0.294 e. The van der Waals surface area contributed by atoms with Gasteiger partial charge in [0.05, 0.1) is 12.1 Å². The first-order valence-corrected chi connectivity index (χ1v) is 11.9. The third kappa shape index (κ3) is 6.19. The van der Waals surface area contributed by atoms with Gasteiger partial charge in [-0.3, -0.25) is 4.79 Å². The fourth-order valence-electron chi connectivity index (χ4n) is 3.77. The highest BCUT2D eigenvalue weighted by Gasteiger charge is 2.17. The van der Waals surface area contributed by atoms with Crippen molar-refractivity contribution in [3.05, 3.63) is 100 Å². The summed E-state index contributed by atoms with van der Waals surface area (Å²) in [7, 11) is 0. The molecule has 0 fully saturated rings. The van der Waals surface area contributed by atoms with E-state index in [0.29, 0.717) is 36.8 Å². The van der Waals surface area contributed by atoms with Gasteiger partial charge in [0.25, 0.3) is 5.56 Å². The molecule has 4 rings (SSSR count). The van der Waals surface area contributed by atoms with E-state index in [0.717, 1.165) is 35.8 Å². The molecule has 0 atom stereocenters. The minimum atomic E-state index is -0.313. The lowest BCUT2D eigenvalue weighted by Gasteiger charge is -2.15. The number of unbranched alkanes of at least 4 members (excludes halogenated alkanes) is 3. The zero-order valence-corrected chi connectivity index (χ0v) is 19.6. The van der Waals surface area contributed by atoms with Crippen LogP contribution in [0.15, 0.2) is 83.7 Å². The number of aromatic nitrogens is 1. The second kappa shape index (κ2) is 11.9. The number of nitrogens with one attached hydrogen (secondary N) is 1. The molecule has 5 heteroatoms. The number of H-pyrrole nitrogens is 1. The average molecular weight is 458 g/mol. The molecule has 0 aliphatic rings. The Hall–Kier alpha value is -3.73. The van der Waals surface area contributed by atoms with E-state index in [2.05, 4.69) is 11.9 Å². The van der Waals surface area contributed by atoms with Gasteiger partial charge in [-0.25, -0.2) is 0 Å². The standard InChI is InChI=1S/C29H31NO4/c1-2-3-4-11-18-32-27-25-17-16-24(33-20-22-12-7-5-8-13-22)19-26(25)30-29(31)28(27)34-21-23-14-9-6-10-15-23/h5-10,12-17,19H,2-4,11,18,20-21H2,1H3,(H,30,31). The first-order chi connectivity index (χ1) is 16.7. The van der Waals surface area contributed by atoms with E-state index < -0.39 is 0 Å². The van der Waals surface area contributed by atoms with Crippen molar-refractivity contribution in [2.75, 3.05) is 6.61 Å². The van der Waals surface area contributed by atoms with Crippen molar-refractivity contribution in [1.82, 2.24) is 4.98 Å². The number of fused-ring (bicyclic) bond motifs is 1. The SMILES string of the molecule is CCCCCCOc1c(OCc2ccccc2)c(=O)[nH]c2cc(OCc3ccccc3)ccc12. The van der Waals surface area contributed by atoms with Crippen LogP contribution >= 0.6 is 0 Å². The van der Waals surface area contributed by atoms with E-state index in [1.807, 2.05) is 78.9 Å². The number of benzene rings is 3. The highest BCUT2D eigenvalue weighted by Crippen LogP contribution is 2.34. The van der Waals surface area contributed by atoms with Gasteiger partial charge in [-0.05, 0) is 29.7 Å². The molecule has 1 N–H and O–H groups in total. The van der Waals surface area contributed by atoms with Crippen LogP contribution in [0.3, 0.4) is 0 Å². The summed E-state index contributed by atoms with van der Waals surface area (Å²) in [6.07, 6.45) is 4.35. The summed E-state index contributed by atoms with van der Waals surface area (Å²) in [6.45, 7) is 3.46. The lowest BCUT2D eigenvalue weighted by Crippen LogP contribution is -2.14. The number of hydrogen-bond acceptors (Lipinski definition) is 4. The fraction of sp³-hybridized carbons (Fsp3) is 0.276. The van der Waals surface area contributed by atoms with Crippen molar-refractivity contribution in [3.63, 3.8) is 0 Å². The number of ether oxygens (including phenoxy) is 3. The van der Waals surface area contributed by atoms with Crippen LogP contribution in [0.5, 0.6) is 17.2 Å². The summed E-state index contributed by atoms with van der Waals surface area (Å²) in [4.78, 5) is 15.9. The molecule has 0 spiro atoms. The molecule has 5 nitrogen and oxygen atoms in total. The van der Waals surface area contributed by atoms with Gasteiger partial charge < -0.3 is 19.2 Å². The van der Waals surface area contributed by atoms with Crippen LogP contribution in [0, 0.1) is 0 Å². The summed E-state index contributed by atoms with van der Waals surface area (Å²) in [5.41, 5.74) is 2.41. The first-order valence-electron chi connectivity index (χ1n) is 11.9. The Balaban J connectivity index is 1.59. The van der Waals surface area contributed by atoms with Gasteiger partial charge in [0, 0.05) is 11.5 Å². The van der Waals surface area contributed by atoms with Crippen LogP contribution in [0.4, 0.5) is 0 Å². The van der Waals surface area contributed by atoms with Gasteiger partial charge in [0.15, 0.2) is 5.75 Å². The van der Waals surface area contributed by atoms with E-state index in [1.54, 1.807) is 0 Å². The minimum absolute atomic E-state index is 0.213. The molecule has 0 aliphatic heterocycles. The molecule has 0 amide bonds. The molecule has 0 aliphatic carbocycles. The summed E-state index contributed by atoms with van der Waals surface area (Å²) in [5.74, 6) is 1.38. The largest absolute Gasteiger partial charge is 0.489 e. The van der Waals surface area contributed by atoms with Crippen LogP contribution in [0.25, 0.3) is 10.9 Å². The average Bonchev–Trinajstić information content (AvgIpc) is 2.87. The molecule has 1 aromatic heterocycles. The van der Waals surface area contributed by atoms with E-state index in [-0.39, 0.29) is 11.3 Å². The maximum atomic E-state index is 13.0. The Morgan fingerprint density at radius 1 is 0.706 bits per heavy atom. The van der Waals surface area contributed by atoms with Crippen LogP contribution in [-0.2, 0) is 13.2 Å². The molecule has 0 unspecified atom stereocenters. The van der Waals surface area contributed by atoms with E-state index in [9.17, 15) is 4.79 Å². The Bertz CT molecular complexity index is 1240. The van der Waals surface area contributed by atoms with E-state index in [4.69, 9.17) is 14.2 Å². The summed E-state index contributed by atoms with van der Waals surface area (Å²) in [5, 5.41) is 0.796. The van der Waals surface area contributed by atoms with Gasteiger partial charge in [-0.1, -0.05) is 86.8 Å². The molecule has 3 aromatic carbocycles. The van der Waals surface area contributed by atoms with Crippen molar-refractivity contribution < 1.29 is 14.2 Å². The van der Waals surface area contributed by atoms with Gasteiger partial charge in [0.1, 0.15) is 19.0 Å². The van der Waals surface area contributed by atoms with Crippen LogP contribution in [0.2, 0.25) is 0 Å². The van der Waals surface area contributed by atoms with Crippen LogP contribution in [0.1, 0.15) is 43.7 Å². The minimum Gasteiger partial charge on any atom is -0.489 e. The number of hydrogen-bond donors (Lipinski definition) is 1. The van der Waals surface area contributed by atoms with Crippen LogP contribution in [-0.4, -0.2) is 11.6 Å². The van der Waals surface area contributed by atoms with Crippen molar-refractivity contribution in [3.8, 4) is 17.2 Å². The monoisotopic (exact) mass is 457 g/mol. The molecule has 34 heavy (non-hydrogen) atoms. The summed E-state index contributed by atoms with van der Waals surface area (Å²) < 4.78 is 18.1. The number of pyridine rings is 1. The second-order valence-corrected chi connectivity index (χ2v) is 8.28. The fourth-order valence-corrected chi connectivity index (χ4v) is 3.77. The van der Waals surface area contributed by atoms with Gasteiger partial charge in [-0.2, -0.15) is 0 Å². The van der Waals surface area contributed by atoms with Gasteiger partial charge in [0.2, 0.25) is 5.75 Å². The summed E-state index contributed by atoms with van der Waals surface area (Å²) in [6, 6.07) is 25.4. The predicted octanol–water partition coefficient (Wildman–Crippen LogP) is 6.65. The third-order valence-electron chi connectivity index (χ3n) is 5.61. The zero-order valence-electron chi connectivity index (χ0n) is 19.6. The molecular weight excluding hydrogens is 426 g/mol. The molecule has 0 saturated heterocycles. The first kappa shape index (κ1) is 23.4. The van der Waals surface area contributed by atoms with E-state index in [1.165, 1.54) is 6.42 Å². The Labute approximate surface area is 200 Å². The summed E-state index contributed by atoms with van der Waals surface area (Å²) >= 11 is 0. The molecule has 0 bridgehead atoms. The highest BCUT2D eigenvalue weighted by molar-refractivity contribution is 5.88. The predicted molar refractivity (Wildman–Crippen MR) is 136 cm³/mol. The zero-order chi connectivity index (χ0) is 23.6. The van der Waals surface area contributed by atoms with Crippen LogP contribution < -0.4 is 19.8 Å². The van der Waals surface area contributed by atoms with Crippen molar-refractivity contribution in [2.45, 2.75) is 45.8 Å². The lowest BCUT2D eigenvalue weighted by molar-refractivity contribution is 0.257. The molecule has 0 radical (unpaired) electrons. The number of aromatic amines is 1. The Morgan fingerprint density at radius 3 is 2.06 bits per heavy atom. The second-order valence-electron chi connectivity index (χ2n) is 8.28. The quantitative estimate of drug-likeness (QED) is 0.242.